The summed E-state index contributed by atoms with van der Waals surface area (Å²) in [5, 5.41) is 4.47. The van der Waals surface area contributed by atoms with E-state index in [-0.39, 0.29) is 0 Å². The lowest BCUT2D eigenvalue weighted by Crippen LogP contribution is -2.16. The molecule has 0 aliphatic rings. The molecule has 0 spiro atoms. The molecule has 2 rings (SSSR count). The van der Waals surface area contributed by atoms with Gasteiger partial charge in [0.05, 0.1) is 17.2 Å². The first-order chi connectivity index (χ1) is 9.70. The number of methoxy groups -OCH3 is 1. The first-order valence-electron chi connectivity index (χ1n) is 6.47. The van der Waals surface area contributed by atoms with Crippen LogP contribution in [0.2, 0.25) is 10.0 Å². The van der Waals surface area contributed by atoms with E-state index in [1.807, 2.05) is 18.2 Å². The lowest BCUT2D eigenvalue weighted by molar-refractivity contribution is 0.415. The maximum absolute atomic E-state index is 6.11. The van der Waals surface area contributed by atoms with Gasteiger partial charge < -0.3 is 10.1 Å². The fourth-order valence-corrected chi connectivity index (χ4v) is 2.71. The molecular formula is C16H17Cl2NO. The maximum atomic E-state index is 6.11. The van der Waals surface area contributed by atoms with E-state index in [0.29, 0.717) is 15.8 Å². The van der Waals surface area contributed by atoms with Crippen LogP contribution in [0.25, 0.3) is 0 Å². The number of halogens is 2. The second-order valence-corrected chi connectivity index (χ2v) is 5.32. The summed E-state index contributed by atoms with van der Waals surface area (Å²) in [7, 11) is 1.56. The summed E-state index contributed by atoms with van der Waals surface area (Å²) in [5.74, 6) is 0.529. The normalized spacial score (nSPS) is 10.6. The third kappa shape index (κ3) is 4.14. The van der Waals surface area contributed by atoms with Gasteiger partial charge in [-0.15, -0.1) is 0 Å². The van der Waals surface area contributed by atoms with Crippen LogP contribution in [0, 0.1) is 0 Å². The van der Waals surface area contributed by atoms with Gasteiger partial charge in [0.1, 0.15) is 0 Å². The second-order valence-electron chi connectivity index (χ2n) is 4.51. The van der Waals surface area contributed by atoms with Gasteiger partial charge in [-0.3, -0.25) is 0 Å². The van der Waals surface area contributed by atoms with Crippen molar-refractivity contribution in [3.05, 3.63) is 63.6 Å². The molecule has 0 saturated carbocycles. The van der Waals surface area contributed by atoms with Crippen molar-refractivity contribution >= 4 is 23.2 Å². The van der Waals surface area contributed by atoms with Gasteiger partial charge in [-0.25, -0.2) is 0 Å². The van der Waals surface area contributed by atoms with E-state index in [9.17, 15) is 0 Å². The van der Waals surface area contributed by atoms with Crippen LogP contribution >= 0.6 is 23.2 Å². The Morgan fingerprint density at radius 2 is 1.65 bits per heavy atom. The van der Waals surface area contributed by atoms with E-state index in [1.165, 1.54) is 5.56 Å². The van der Waals surface area contributed by atoms with Gasteiger partial charge >= 0.3 is 0 Å². The Hall–Kier alpha value is -1.22. The summed E-state index contributed by atoms with van der Waals surface area (Å²) in [6, 6.07) is 14.1. The summed E-state index contributed by atoms with van der Waals surface area (Å²) < 4.78 is 5.13. The molecule has 0 amide bonds. The van der Waals surface area contributed by atoms with E-state index in [0.717, 1.165) is 25.1 Å². The maximum Gasteiger partial charge on any atom is 0.156 e. The minimum Gasteiger partial charge on any atom is -0.494 e. The molecule has 0 heterocycles. The second kappa shape index (κ2) is 7.53. The fourth-order valence-electron chi connectivity index (χ4n) is 2.02. The molecule has 0 aromatic heterocycles. The van der Waals surface area contributed by atoms with Crippen molar-refractivity contribution in [1.82, 2.24) is 5.32 Å². The van der Waals surface area contributed by atoms with Crippen molar-refractivity contribution in [2.24, 2.45) is 0 Å². The van der Waals surface area contributed by atoms with Crippen LogP contribution < -0.4 is 10.1 Å². The Labute approximate surface area is 129 Å². The molecular weight excluding hydrogens is 293 g/mol. The average Bonchev–Trinajstić information content (AvgIpc) is 2.44. The summed E-state index contributed by atoms with van der Waals surface area (Å²) in [6.07, 6.45) is 0.998. The Morgan fingerprint density at radius 1 is 1.00 bits per heavy atom. The van der Waals surface area contributed by atoms with Gasteiger partial charge in [-0.2, -0.15) is 0 Å². The molecule has 20 heavy (non-hydrogen) atoms. The molecule has 0 fully saturated rings. The number of nitrogens with one attached hydrogen (secondary N) is 1. The third-order valence-electron chi connectivity index (χ3n) is 3.02. The highest BCUT2D eigenvalue weighted by atomic mass is 35.5. The van der Waals surface area contributed by atoms with Crippen molar-refractivity contribution in [2.45, 2.75) is 13.0 Å². The van der Waals surface area contributed by atoms with E-state index >= 15 is 0 Å². The highest BCUT2D eigenvalue weighted by Gasteiger charge is 2.08. The van der Waals surface area contributed by atoms with Gasteiger partial charge in [-0.05, 0) is 36.2 Å². The summed E-state index contributed by atoms with van der Waals surface area (Å²) >= 11 is 12.2. The van der Waals surface area contributed by atoms with Crippen molar-refractivity contribution in [3.63, 3.8) is 0 Å². The molecule has 0 aliphatic carbocycles. The van der Waals surface area contributed by atoms with Gasteiger partial charge in [0.2, 0.25) is 0 Å². The molecule has 0 saturated heterocycles. The van der Waals surface area contributed by atoms with Crippen molar-refractivity contribution in [2.75, 3.05) is 13.7 Å². The largest absolute Gasteiger partial charge is 0.494 e. The van der Waals surface area contributed by atoms with Gasteiger partial charge in [0, 0.05) is 6.54 Å². The van der Waals surface area contributed by atoms with E-state index in [4.69, 9.17) is 27.9 Å². The standard InChI is InChI=1S/C16H17Cl2NO/c1-20-16-14(17)9-13(10-15(16)18)11-19-8-7-12-5-3-2-4-6-12/h2-6,9-10,19H,7-8,11H2,1H3. The molecule has 1 N–H and O–H groups in total. The highest BCUT2D eigenvalue weighted by Crippen LogP contribution is 2.33. The minimum absolute atomic E-state index is 0.529. The molecule has 4 heteroatoms. The van der Waals surface area contributed by atoms with Crippen molar-refractivity contribution in [1.29, 1.82) is 0 Å². The zero-order chi connectivity index (χ0) is 14.4. The quantitative estimate of drug-likeness (QED) is 0.802. The minimum atomic E-state index is 0.529. The molecule has 0 unspecified atom stereocenters. The number of hydrogen-bond acceptors (Lipinski definition) is 2. The van der Waals surface area contributed by atoms with Crippen LogP contribution in [0.15, 0.2) is 42.5 Å². The molecule has 106 valence electrons. The molecule has 0 atom stereocenters. The SMILES string of the molecule is COc1c(Cl)cc(CNCCc2ccccc2)cc1Cl. The van der Waals surface area contributed by atoms with E-state index in [1.54, 1.807) is 7.11 Å². The number of benzene rings is 2. The molecule has 2 nitrogen and oxygen atoms in total. The Kier molecular flexibility index (Phi) is 5.72. The van der Waals surface area contributed by atoms with E-state index in [2.05, 4.69) is 29.6 Å². The smallest absolute Gasteiger partial charge is 0.156 e. The van der Waals surface area contributed by atoms with Crippen LogP contribution in [0.3, 0.4) is 0 Å². The molecule has 2 aromatic rings. The van der Waals surface area contributed by atoms with Crippen LogP contribution in [0.5, 0.6) is 5.75 Å². The number of ether oxygens (including phenoxy) is 1. The van der Waals surface area contributed by atoms with Crippen LogP contribution in [0.1, 0.15) is 11.1 Å². The number of hydrogen-bond donors (Lipinski definition) is 1. The highest BCUT2D eigenvalue weighted by molar-refractivity contribution is 6.37. The summed E-state index contributed by atoms with van der Waals surface area (Å²) in [4.78, 5) is 0. The molecule has 2 aromatic carbocycles. The number of rotatable bonds is 6. The van der Waals surface area contributed by atoms with Gasteiger partial charge in [-0.1, -0.05) is 53.5 Å². The lowest BCUT2D eigenvalue weighted by Gasteiger charge is -2.10. The summed E-state index contributed by atoms with van der Waals surface area (Å²) in [6.45, 7) is 1.64. The Balaban J connectivity index is 1.85. The molecule has 0 bridgehead atoms. The van der Waals surface area contributed by atoms with Crippen LogP contribution in [0.4, 0.5) is 0 Å². The van der Waals surface area contributed by atoms with Gasteiger partial charge in [0.15, 0.2) is 5.75 Å². The zero-order valence-corrected chi connectivity index (χ0v) is 12.8. The van der Waals surface area contributed by atoms with Crippen LogP contribution in [-0.2, 0) is 13.0 Å². The Bertz CT molecular complexity index is 535. The first-order valence-corrected chi connectivity index (χ1v) is 7.23. The van der Waals surface area contributed by atoms with Crippen molar-refractivity contribution < 1.29 is 4.74 Å². The lowest BCUT2D eigenvalue weighted by atomic mass is 10.1. The topological polar surface area (TPSA) is 21.3 Å². The molecule has 0 radical (unpaired) electrons. The van der Waals surface area contributed by atoms with E-state index < -0.39 is 0 Å². The predicted molar refractivity (Wildman–Crippen MR) is 84.9 cm³/mol. The zero-order valence-electron chi connectivity index (χ0n) is 11.3. The average molecular weight is 310 g/mol. The summed E-state index contributed by atoms with van der Waals surface area (Å²) in [5.41, 5.74) is 2.37. The van der Waals surface area contributed by atoms with Crippen molar-refractivity contribution in [3.8, 4) is 5.75 Å². The third-order valence-corrected chi connectivity index (χ3v) is 3.59. The van der Waals surface area contributed by atoms with Gasteiger partial charge in [0.25, 0.3) is 0 Å². The van der Waals surface area contributed by atoms with Crippen LogP contribution in [-0.4, -0.2) is 13.7 Å². The molecule has 0 aliphatic heterocycles. The Morgan fingerprint density at radius 3 is 2.25 bits per heavy atom. The predicted octanol–water partition coefficient (Wildman–Crippen LogP) is 4.33. The fraction of sp³-hybridized carbons (Fsp3) is 0.250. The first kappa shape index (κ1) is 15.2. The monoisotopic (exact) mass is 309 g/mol.